The molecule has 2 saturated heterocycles. The topological polar surface area (TPSA) is 42.1 Å². The number of ether oxygens (including phenoxy) is 2. The molecule has 0 bridgehead atoms. The number of amides is 1. The molecule has 2 aliphatic heterocycles. The highest BCUT2D eigenvalue weighted by atomic mass is 16.6. The quantitative estimate of drug-likeness (QED) is 0.591. The zero-order valence-corrected chi connectivity index (χ0v) is 10.2. The molecule has 4 nitrogen and oxygen atoms in total. The van der Waals surface area contributed by atoms with Crippen molar-refractivity contribution in [1.29, 1.82) is 0 Å². The fourth-order valence-corrected chi connectivity index (χ4v) is 2.67. The maximum absolute atomic E-state index is 12.1. The molecule has 0 radical (unpaired) electrons. The van der Waals surface area contributed by atoms with E-state index in [0.717, 1.165) is 32.4 Å². The summed E-state index contributed by atoms with van der Waals surface area (Å²) in [5, 5.41) is 0. The normalized spacial score (nSPS) is 34.6. The molecule has 1 aliphatic carbocycles. The van der Waals surface area contributed by atoms with E-state index in [9.17, 15) is 4.79 Å². The number of epoxide rings is 1. The van der Waals surface area contributed by atoms with Crippen LogP contribution in [-0.4, -0.2) is 40.9 Å². The van der Waals surface area contributed by atoms with E-state index in [1.54, 1.807) is 0 Å². The van der Waals surface area contributed by atoms with Crippen LogP contribution in [-0.2, 0) is 9.47 Å². The van der Waals surface area contributed by atoms with Crippen LogP contribution in [0.25, 0.3) is 0 Å². The Balaban J connectivity index is 1.72. The Kier molecular flexibility index (Phi) is 1.77. The van der Waals surface area contributed by atoms with Gasteiger partial charge in [-0.25, -0.2) is 4.79 Å². The molecule has 2 spiro atoms. The number of nitrogens with zero attached hydrogens (tertiary/aromatic N) is 1. The van der Waals surface area contributed by atoms with Gasteiger partial charge >= 0.3 is 6.09 Å². The van der Waals surface area contributed by atoms with E-state index < -0.39 is 5.60 Å². The largest absolute Gasteiger partial charge is 0.444 e. The lowest BCUT2D eigenvalue weighted by atomic mass is 10.1. The van der Waals surface area contributed by atoms with Crippen molar-refractivity contribution in [2.45, 2.75) is 56.8 Å². The average Bonchev–Trinajstić information content (AvgIpc) is 2.95. The van der Waals surface area contributed by atoms with Crippen molar-refractivity contribution in [3.8, 4) is 0 Å². The monoisotopic (exact) mass is 225 g/mol. The van der Waals surface area contributed by atoms with Gasteiger partial charge in [-0.15, -0.1) is 0 Å². The van der Waals surface area contributed by atoms with E-state index in [1.807, 2.05) is 25.7 Å². The summed E-state index contributed by atoms with van der Waals surface area (Å²) in [6.07, 6.45) is 3.06. The second kappa shape index (κ2) is 2.73. The summed E-state index contributed by atoms with van der Waals surface area (Å²) in [6.45, 7) is 7.26. The first-order chi connectivity index (χ1) is 7.34. The fourth-order valence-electron chi connectivity index (χ4n) is 2.67. The average molecular weight is 225 g/mol. The predicted octanol–water partition coefficient (Wildman–Crippen LogP) is 1.93. The molecule has 90 valence electrons. The van der Waals surface area contributed by atoms with Crippen LogP contribution < -0.4 is 0 Å². The minimum atomic E-state index is -0.409. The first kappa shape index (κ1) is 10.4. The Morgan fingerprint density at radius 1 is 1.38 bits per heavy atom. The number of carbonyl (C=O) groups excluding carboxylic acids is 1. The fraction of sp³-hybridized carbons (Fsp3) is 0.917. The number of likely N-dealkylation sites (tertiary alicyclic amines) is 1. The smallest absolute Gasteiger partial charge is 0.410 e. The maximum Gasteiger partial charge on any atom is 0.410 e. The van der Waals surface area contributed by atoms with Crippen LogP contribution in [0.15, 0.2) is 0 Å². The molecule has 3 fully saturated rings. The molecule has 3 rings (SSSR count). The molecule has 0 aromatic rings. The lowest BCUT2D eigenvalue weighted by molar-refractivity contribution is 0.0196. The Bertz CT molecular complexity index is 337. The molecule has 16 heavy (non-hydrogen) atoms. The molecule has 1 atom stereocenters. The highest BCUT2D eigenvalue weighted by molar-refractivity contribution is 5.71. The highest BCUT2D eigenvalue weighted by Crippen LogP contribution is 2.57. The molecule has 3 aliphatic rings. The lowest BCUT2D eigenvalue weighted by Crippen LogP contribution is -2.41. The summed E-state index contributed by atoms with van der Waals surface area (Å²) in [4.78, 5) is 14.0. The van der Waals surface area contributed by atoms with Gasteiger partial charge in [0.15, 0.2) is 0 Å². The van der Waals surface area contributed by atoms with Gasteiger partial charge in [-0.05, 0) is 33.6 Å². The van der Waals surface area contributed by atoms with Crippen LogP contribution in [0.1, 0.15) is 40.0 Å². The lowest BCUT2D eigenvalue weighted by Gasteiger charge is -2.28. The Hall–Kier alpha value is -0.770. The van der Waals surface area contributed by atoms with E-state index in [4.69, 9.17) is 9.47 Å². The van der Waals surface area contributed by atoms with Gasteiger partial charge in [0.1, 0.15) is 11.2 Å². The molecule has 0 aromatic carbocycles. The molecule has 4 heteroatoms. The third kappa shape index (κ3) is 1.59. The zero-order valence-electron chi connectivity index (χ0n) is 10.2. The molecule has 0 aromatic heterocycles. The van der Waals surface area contributed by atoms with Gasteiger partial charge in [-0.2, -0.15) is 0 Å². The van der Waals surface area contributed by atoms with Gasteiger partial charge in [0.05, 0.1) is 13.2 Å². The van der Waals surface area contributed by atoms with Crippen molar-refractivity contribution >= 4 is 6.09 Å². The van der Waals surface area contributed by atoms with E-state index >= 15 is 0 Å². The van der Waals surface area contributed by atoms with Crippen molar-refractivity contribution in [3.63, 3.8) is 0 Å². The Labute approximate surface area is 95.9 Å². The summed E-state index contributed by atoms with van der Waals surface area (Å²) < 4.78 is 10.9. The number of rotatable bonds is 0. The van der Waals surface area contributed by atoms with Gasteiger partial charge in [-0.3, -0.25) is 4.90 Å². The van der Waals surface area contributed by atoms with Crippen LogP contribution in [0.2, 0.25) is 0 Å². The molecule has 0 unspecified atom stereocenters. The molecule has 1 saturated carbocycles. The minimum absolute atomic E-state index is 0.00654. The predicted molar refractivity (Wildman–Crippen MR) is 58.2 cm³/mol. The van der Waals surface area contributed by atoms with Gasteiger partial charge < -0.3 is 9.47 Å². The van der Waals surface area contributed by atoms with Gasteiger partial charge in [0.25, 0.3) is 0 Å². The highest BCUT2D eigenvalue weighted by Gasteiger charge is 2.67. The van der Waals surface area contributed by atoms with Crippen LogP contribution in [0, 0.1) is 0 Å². The van der Waals surface area contributed by atoms with Gasteiger partial charge in [0.2, 0.25) is 0 Å². The molecule has 0 N–H and O–H groups in total. The SMILES string of the molecule is CC(C)(C)OC(=O)N1C[C@@]2(CO2)CC12CC2. The summed E-state index contributed by atoms with van der Waals surface area (Å²) in [7, 11) is 0. The number of hydrogen-bond donors (Lipinski definition) is 0. The van der Waals surface area contributed by atoms with E-state index in [1.165, 1.54) is 0 Å². The molecule has 1 amide bonds. The molecular formula is C12H19NO3. The first-order valence-corrected chi connectivity index (χ1v) is 5.99. The maximum atomic E-state index is 12.1. The molecule has 2 heterocycles. The van der Waals surface area contributed by atoms with Gasteiger partial charge in [0, 0.05) is 12.0 Å². The second-order valence-electron chi connectivity index (χ2n) is 6.44. The summed E-state index contributed by atoms with van der Waals surface area (Å²) in [5.74, 6) is 0. The number of hydrogen-bond acceptors (Lipinski definition) is 3. The second-order valence-corrected chi connectivity index (χ2v) is 6.44. The van der Waals surface area contributed by atoms with Crippen molar-refractivity contribution in [2.75, 3.05) is 13.2 Å². The van der Waals surface area contributed by atoms with Crippen molar-refractivity contribution in [2.24, 2.45) is 0 Å². The van der Waals surface area contributed by atoms with Crippen LogP contribution >= 0.6 is 0 Å². The third-order valence-electron chi connectivity index (χ3n) is 3.66. The van der Waals surface area contributed by atoms with Crippen molar-refractivity contribution < 1.29 is 14.3 Å². The third-order valence-corrected chi connectivity index (χ3v) is 3.66. The van der Waals surface area contributed by atoms with E-state index in [2.05, 4.69) is 0 Å². The minimum Gasteiger partial charge on any atom is -0.444 e. The van der Waals surface area contributed by atoms with E-state index in [-0.39, 0.29) is 17.2 Å². The van der Waals surface area contributed by atoms with Crippen LogP contribution in [0.4, 0.5) is 4.79 Å². The van der Waals surface area contributed by atoms with Crippen molar-refractivity contribution in [3.05, 3.63) is 0 Å². The van der Waals surface area contributed by atoms with Crippen LogP contribution in [0.3, 0.4) is 0 Å². The standard InChI is InChI=1S/C12H19NO3/c1-10(2,3)16-9(14)13-7-12(8-15-12)6-11(13)4-5-11/h4-8H2,1-3H3/t12-/m1/s1. The van der Waals surface area contributed by atoms with E-state index in [0.29, 0.717) is 0 Å². The summed E-state index contributed by atoms with van der Waals surface area (Å²) >= 11 is 0. The summed E-state index contributed by atoms with van der Waals surface area (Å²) in [5.41, 5.74) is -0.334. The Morgan fingerprint density at radius 2 is 2.00 bits per heavy atom. The Morgan fingerprint density at radius 3 is 2.44 bits per heavy atom. The van der Waals surface area contributed by atoms with Crippen LogP contribution in [0.5, 0.6) is 0 Å². The number of carbonyl (C=O) groups is 1. The summed E-state index contributed by atoms with van der Waals surface area (Å²) in [6, 6.07) is 0. The molecular weight excluding hydrogens is 206 g/mol. The zero-order chi connectivity index (χ0) is 11.6. The van der Waals surface area contributed by atoms with Crippen molar-refractivity contribution in [1.82, 2.24) is 4.90 Å². The first-order valence-electron chi connectivity index (χ1n) is 5.99. The van der Waals surface area contributed by atoms with Gasteiger partial charge in [-0.1, -0.05) is 0 Å².